The van der Waals surface area contributed by atoms with E-state index < -0.39 is 5.82 Å². The second kappa shape index (κ2) is 9.98. The summed E-state index contributed by atoms with van der Waals surface area (Å²) in [5.74, 6) is 0.00706. The van der Waals surface area contributed by atoms with E-state index in [1.54, 1.807) is 48.9 Å². The van der Waals surface area contributed by atoms with Crippen molar-refractivity contribution in [1.82, 2.24) is 14.9 Å². The molecule has 0 radical (unpaired) electrons. The highest BCUT2D eigenvalue weighted by atomic mass is 19.1. The Kier molecular flexibility index (Phi) is 6.67. The average Bonchev–Trinajstić information content (AvgIpc) is 3.07. The van der Waals surface area contributed by atoms with E-state index in [0.29, 0.717) is 17.9 Å². The second-order valence-electron chi connectivity index (χ2n) is 7.49. The molecule has 1 fully saturated rings. The van der Waals surface area contributed by atoms with Crippen LogP contribution in [-0.4, -0.2) is 27.3 Å². The molecular formula is C25H24FN3O2. The maximum Gasteiger partial charge on any atom is 0.247 e. The van der Waals surface area contributed by atoms with Crippen LogP contribution >= 0.6 is 0 Å². The van der Waals surface area contributed by atoms with Crippen molar-refractivity contribution in [3.63, 3.8) is 0 Å². The number of likely N-dealkylation sites (tertiary alicyclic amines) is 1. The Bertz CT molecular complexity index is 1040. The number of amides is 1. The number of hydrogen-bond donors (Lipinski definition) is 0. The minimum absolute atomic E-state index is 0.0367. The van der Waals surface area contributed by atoms with Crippen molar-refractivity contribution in [2.45, 2.75) is 31.7 Å². The zero-order chi connectivity index (χ0) is 21.5. The predicted octanol–water partition coefficient (Wildman–Crippen LogP) is 5.57. The zero-order valence-corrected chi connectivity index (χ0v) is 17.2. The Labute approximate surface area is 181 Å². The van der Waals surface area contributed by atoms with Crippen molar-refractivity contribution in [1.29, 1.82) is 0 Å². The minimum atomic E-state index is -0.497. The van der Waals surface area contributed by atoms with Gasteiger partial charge >= 0.3 is 0 Å². The van der Waals surface area contributed by atoms with Gasteiger partial charge in [-0.3, -0.25) is 14.8 Å². The van der Waals surface area contributed by atoms with E-state index in [9.17, 15) is 9.18 Å². The molecule has 6 heteroatoms. The van der Waals surface area contributed by atoms with E-state index >= 15 is 0 Å². The number of halogens is 1. The van der Waals surface area contributed by atoms with Gasteiger partial charge in [0.15, 0.2) is 11.6 Å². The monoisotopic (exact) mass is 417 g/mol. The van der Waals surface area contributed by atoms with Gasteiger partial charge in [0, 0.05) is 31.2 Å². The SMILES string of the molecule is O=C(/C=C/c1ccc(Oc2cccnc2)c(F)c1)N1CCCCCC1c1ccncc1. The van der Waals surface area contributed by atoms with Crippen LogP contribution in [0.5, 0.6) is 11.5 Å². The Balaban J connectivity index is 1.48. The second-order valence-corrected chi connectivity index (χ2v) is 7.49. The molecule has 4 rings (SSSR count). The molecule has 0 spiro atoms. The first-order valence-corrected chi connectivity index (χ1v) is 10.5. The van der Waals surface area contributed by atoms with Crippen LogP contribution in [0.3, 0.4) is 0 Å². The number of hydrogen-bond acceptors (Lipinski definition) is 4. The highest BCUT2D eigenvalue weighted by Crippen LogP contribution is 2.30. The van der Waals surface area contributed by atoms with Gasteiger partial charge in [0.05, 0.1) is 12.2 Å². The van der Waals surface area contributed by atoms with E-state index in [4.69, 9.17) is 4.74 Å². The van der Waals surface area contributed by atoms with Gasteiger partial charge in [0.25, 0.3) is 0 Å². The molecule has 1 amide bonds. The van der Waals surface area contributed by atoms with E-state index in [-0.39, 0.29) is 17.7 Å². The summed E-state index contributed by atoms with van der Waals surface area (Å²) in [6.07, 6.45) is 13.9. The lowest BCUT2D eigenvalue weighted by Crippen LogP contribution is -2.33. The summed E-state index contributed by atoms with van der Waals surface area (Å²) in [7, 11) is 0. The van der Waals surface area contributed by atoms with Gasteiger partial charge in [-0.15, -0.1) is 0 Å². The van der Waals surface area contributed by atoms with Crippen molar-refractivity contribution in [3.8, 4) is 11.5 Å². The van der Waals surface area contributed by atoms with E-state index in [1.165, 1.54) is 18.3 Å². The Hall–Kier alpha value is -3.54. The van der Waals surface area contributed by atoms with Crippen LogP contribution in [0, 0.1) is 5.82 Å². The van der Waals surface area contributed by atoms with Gasteiger partial charge in [-0.2, -0.15) is 0 Å². The zero-order valence-electron chi connectivity index (χ0n) is 17.2. The van der Waals surface area contributed by atoms with Gasteiger partial charge in [-0.25, -0.2) is 4.39 Å². The van der Waals surface area contributed by atoms with Crippen LogP contribution in [0.2, 0.25) is 0 Å². The summed E-state index contributed by atoms with van der Waals surface area (Å²) in [5.41, 5.74) is 1.70. The van der Waals surface area contributed by atoms with Gasteiger partial charge in [-0.1, -0.05) is 18.9 Å². The fourth-order valence-corrected chi connectivity index (χ4v) is 3.81. The van der Waals surface area contributed by atoms with Crippen molar-refractivity contribution < 1.29 is 13.9 Å². The normalized spacial score (nSPS) is 16.8. The van der Waals surface area contributed by atoms with Crippen LogP contribution in [0.4, 0.5) is 4.39 Å². The summed E-state index contributed by atoms with van der Waals surface area (Å²) in [4.78, 5) is 22.9. The molecule has 5 nitrogen and oxygen atoms in total. The lowest BCUT2D eigenvalue weighted by molar-refractivity contribution is -0.128. The van der Waals surface area contributed by atoms with Crippen LogP contribution in [-0.2, 0) is 4.79 Å². The third-order valence-corrected chi connectivity index (χ3v) is 5.36. The van der Waals surface area contributed by atoms with E-state index in [0.717, 1.165) is 31.2 Å². The van der Waals surface area contributed by atoms with Gasteiger partial charge in [0.1, 0.15) is 5.75 Å². The van der Waals surface area contributed by atoms with Crippen molar-refractivity contribution in [3.05, 3.63) is 90.3 Å². The summed E-state index contributed by atoms with van der Waals surface area (Å²) in [6, 6.07) is 12.0. The molecule has 1 aromatic carbocycles. The molecule has 3 aromatic rings. The molecule has 1 unspecified atom stereocenters. The molecule has 1 atom stereocenters. The van der Waals surface area contributed by atoms with Crippen molar-refractivity contribution in [2.24, 2.45) is 0 Å². The summed E-state index contributed by atoms with van der Waals surface area (Å²) < 4.78 is 20.0. The lowest BCUT2D eigenvalue weighted by atomic mass is 10.0. The first-order valence-electron chi connectivity index (χ1n) is 10.5. The quantitative estimate of drug-likeness (QED) is 0.510. The topological polar surface area (TPSA) is 55.3 Å². The van der Waals surface area contributed by atoms with E-state index in [1.807, 2.05) is 17.0 Å². The largest absolute Gasteiger partial charge is 0.453 e. The summed E-state index contributed by atoms with van der Waals surface area (Å²) in [5, 5.41) is 0. The number of nitrogens with zero attached hydrogens (tertiary/aromatic N) is 3. The van der Waals surface area contributed by atoms with Crippen molar-refractivity contribution >= 4 is 12.0 Å². The Morgan fingerprint density at radius 2 is 1.94 bits per heavy atom. The highest BCUT2D eigenvalue weighted by molar-refractivity contribution is 5.92. The maximum atomic E-state index is 14.5. The Morgan fingerprint density at radius 1 is 1.06 bits per heavy atom. The molecule has 1 aliphatic rings. The smallest absolute Gasteiger partial charge is 0.247 e. The highest BCUT2D eigenvalue weighted by Gasteiger charge is 2.25. The number of benzene rings is 1. The van der Waals surface area contributed by atoms with Crippen LogP contribution in [0.1, 0.15) is 42.9 Å². The molecular weight excluding hydrogens is 393 g/mol. The van der Waals surface area contributed by atoms with Crippen LogP contribution in [0.15, 0.2) is 73.3 Å². The number of aromatic nitrogens is 2. The molecule has 0 bridgehead atoms. The molecule has 3 heterocycles. The molecule has 1 aliphatic heterocycles. The number of carbonyl (C=O) groups excluding carboxylic acids is 1. The molecule has 31 heavy (non-hydrogen) atoms. The molecule has 0 saturated carbocycles. The van der Waals surface area contributed by atoms with Gasteiger partial charge in [-0.05, 0) is 66.4 Å². The lowest BCUT2D eigenvalue weighted by Gasteiger charge is -2.29. The summed E-state index contributed by atoms with van der Waals surface area (Å²) in [6.45, 7) is 0.711. The van der Waals surface area contributed by atoms with E-state index in [2.05, 4.69) is 9.97 Å². The maximum absolute atomic E-state index is 14.5. The average molecular weight is 417 g/mol. The number of rotatable bonds is 5. The van der Waals surface area contributed by atoms with Gasteiger partial charge < -0.3 is 9.64 Å². The summed E-state index contributed by atoms with van der Waals surface area (Å²) >= 11 is 0. The van der Waals surface area contributed by atoms with Crippen molar-refractivity contribution in [2.75, 3.05) is 6.54 Å². The fourth-order valence-electron chi connectivity index (χ4n) is 3.81. The predicted molar refractivity (Wildman–Crippen MR) is 117 cm³/mol. The number of ether oxygens (including phenoxy) is 1. The number of carbonyl (C=O) groups is 1. The molecule has 2 aromatic heterocycles. The fraction of sp³-hybridized carbons (Fsp3) is 0.240. The minimum Gasteiger partial charge on any atom is -0.453 e. The first-order chi connectivity index (χ1) is 15.2. The Morgan fingerprint density at radius 3 is 2.71 bits per heavy atom. The molecule has 0 aliphatic carbocycles. The third kappa shape index (κ3) is 5.34. The standard InChI is InChI=1S/C25H24FN3O2/c26-22-17-19(7-9-24(22)31-21-5-4-13-28-18-21)8-10-25(30)29-16-3-1-2-6-23(29)20-11-14-27-15-12-20/h4-5,7-15,17-18,23H,1-3,6,16H2/b10-8+. The van der Waals surface area contributed by atoms with Gasteiger partial charge in [0.2, 0.25) is 5.91 Å². The third-order valence-electron chi connectivity index (χ3n) is 5.36. The van der Waals surface area contributed by atoms with Crippen LogP contribution in [0.25, 0.3) is 6.08 Å². The molecule has 158 valence electrons. The van der Waals surface area contributed by atoms with Crippen LogP contribution < -0.4 is 4.74 Å². The molecule has 1 saturated heterocycles. The molecule has 0 N–H and O–H groups in total. The first kappa shape index (κ1) is 20.7. The number of pyridine rings is 2.